The number of rotatable bonds is 8. The minimum atomic E-state index is 0.307. The van der Waals surface area contributed by atoms with Crippen molar-refractivity contribution in [2.45, 2.75) is 39.3 Å². The summed E-state index contributed by atoms with van der Waals surface area (Å²) in [5, 5.41) is 12.8. The fourth-order valence-electron chi connectivity index (χ4n) is 2.97. The van der Waals surface area contributed by atoms with Crippen molar-refractivity contribution in [2.75, 3.05) is 38.2 Å². The van der Waals surface area contributed by atoms with Gasteiger partial charge in [-0.05, 0) is 57.3 Å². The summed E-state index contributed by atoms with van der Waals surface area (Å²) in [6.45, 7) is 9.13. The van der Waals surface area contributed by atoms with Gasteiger partial charge in [0.05, 0.1) is 6.61 Å². The van der Waals surface area contributed by atoms with Gasteiger partial charge in [0, 0.05) is 31.5 Å². The first-order chi connectivity index (χ1) is 10.7. The molecule has 4 heteroatoms. The first-order valence-electron chi connectivity index (χ1n) is 8.48. The lowest BCUT2D eigenvalue weighted by Gasteiger charge is -2.31. The third-order valence-electron chi connectivity index (χ3n) is 4.35. The van der Waals surface area contributed by atoms with Crippen LogP contribution in [0.2, 0.25) is 0 Å². The first kappa shape index (κ1) is 17.3. The Bertz CT molecular complexity index is 431. The number of piperidine rings is 1. The zero-order valence-electron chi connectivity index (χ0n) is 13.9. The fraction of sp³-hybridized carbons (Fsp3) is 0.667. The predicted molar refractivity (Wildman–Crippen MR) is 91.1 cm³/mol. The van der Waals surface area contributed by atoms with Crippen molar-refractivity contribution in [3.8, 4) is 0 Å². The van der Waals surface area contributed by atoms with E-state index >= 15 is 0 Å². The number of ether oxygens (including phenoxy) is 1. The second-order valence-corrected chi connectivity index (χ2v) is 6.26. The zero-order valence-corrected chi connectivity index (χ0v) is 13.9. The lowest BCUT2D eigenvalue weighted by molar-refractivity contribution is 0.127. The van der Waals surface area contributed by atoms with Gasteiger partial charge in [0.25, 0.3) is 0 Å². The van der Waals surface area contributed by atoms with Crippen LogP contribution in [-0.2, 0) is 11.3 Å². The Hall–Kier alpha value is -1.10. The van der Waals surface area contributed by atoms with Crippen LogP contribution in [0, 0.1) is 5.92 Å². The van der Waals surface area contributed by atoms with Crippen molar-refractivity contribution < 1.29 is 9.84 Å². The molecule has 1 aromatic carbocycles. The number of benzene rings is 1. The molecule has 0 radical (unpaired) electrons. The van der Waals surface area contributed by atoms with Gasteiger partial charge in [0.2, 0.25) is 0 Å². The molecule has 0 spiro atoms. The van der Waals surface area contributed by atoms with Gasteiger partial charge in [0.15, 0.2) is 0 Å². The van der Waals surface area contributed by atoms with Crippen LogP contribution in [-0.4, -0.2) is 49.0 Å². The van der Waals surface area contributed by atoms with Gasteiger partial charge in [-0.2, -0.15) is 0 Å². The van der Waals surface area contributed by atoms with Crippen LogP contribution in [0.15, 0.2) is 24.3 Å². The molecule has 2 rings (SSSR count). The van der Waals surface area contributed by atoms with Crippen LogP contribution in [0.25, 0.3) is 0 Å². The number of hydrogen-bond donors (Lipinski definition) is 2. The topological polar surface area (TPSA) is 44.7 Å². The Labute approximate surface area is 134 Å². The minimum absolute atomic E-state index is 0.307. The molecule has 1 aromatic rings. The lowest BCUT2D eigenvalue weighted by atomic mass is 9.97. The van der Waals surface area contributed by atoms with Gasteiger partial charge in [-0.25, -0.2) is 0 Å². The molecule has 1 aliphatic rings. The third-order valence-corrected chi connectivity index (χ3v) is 4.35. The lowest BCUT2D eigenvalue weighted by Crippen LogP contribution is -2.34. The minimum Gasteiger partial charge on any atom is -0.396 e. The van der Waals surface area contributed by atoms with Crippen molar-refractivity contribution in [3.63, 3.8) is 0 Å². The molecule has 0 saturated carbocycles. The molecule has 4 nitrogen and oxygen atoms in total. The summed E-state index contributed by atoms with van der Waals surface area (Å²) < 4.78 is 5.48. The Kier molecular flexibility index (Phi) is 7.16. The van der Waals surface area contributed by atoms with Crippen molar-refractivity contribution in [3.05, 3.63) is 29.8 Å². The van der Waals surface area contributed by atoms with E-state index in [1.54, 1.807) is 0 Å². The summed E-state index contributed by atoms with van der Waals surface area (Å²) in [7, 11) is 0. The molecule has 1 heterocycles. The van der Waals surface area contributed by atoms with Gasteiger partial charge in [0.1, 0.15) is 0 Å². The SMILES string of the molecule is CCOCC(C)Nc1ccccc1CN1CCC(CO)CC1. The normalized spacial score (nSPS) is 18.3. The molecule has 0 amide bonds. The van der Waals surface area contributed by atoms with Gasteiger partial charge >= 0.3 is 0 Å². The summed E-state index contributed by atoms with van der Waals surface area (Å²) in [5.41, 5.74) is 2.55. The smallest absolute Gasteiger partial charge is 0.0664 e. The molecule has 1 fully saturated rings. The molecule has 0 aliphatic carbocycles. The van der Waals surface area contributed by atoms with Crippen LogP contribution >= 0.6 is 0 Å². The number of nitrogens with zero attached hydrogens (tertiary/aromatic N) is 1. The average molecular weight is 306 g/mol. The molecule has 0 aromatic heterocycles. The summed E-state index contributed by atoms with van der Waals surface area (Å²) in [5.74, 6) is 0.496. The number of hydrogen-bond acceptors (Lipinski definition) is 4. The van der Waals surface area contributed by atoms with E-state index in [1.165, 1.54) is 11.3 Å². The Morgan fingerprint density at radius 3 is 2.73 bits per heavy atom. The second-order valence-electron chi connectivity index (χ2n) is 6.26. The molecule has 124 valence electrons. The molecule has 0 bridgehead atoms. The number of anilines is 1. The van der Waals surface area contributed by atoms with E-state index in [0.29, 0.717) is 18.6 Å². The number of para-hydroxylation sites is 1. The van der Waals surface area contributed by atoms with Crippen LogP contribution in [0.3, 0.4) is 0 Å². The number of aliphatic hydroxyl groups excluding tert-OH is 1. The maximum absolute atomic E-state index is 9.24. The van der Waals surface area contributed by atoms with Crippen molar-refractivity contribution in [1.82, 2.24) is 4.90 Å². The molecule has 1 atom stereocenters. The van der Waals surface area contributed by atoms with E-state index in [-0.39, 0.29) is 0 Å². The summed E-state index contributed by atoms with van der Waals surface area (Å²) >= 11 is 0. The third kappa shape index (κ3) is 5.27. The highest BCUT2D eigenvalue weighted by Crippen LogP contribution is 2.22. The largest absolute Gasteiger partial charge is 0.396 e. The van der Waals surface area contributed by atoms with E-state index in [2.05, 4.69) is 41.4 Å². The molecule has 1 unspecified atom stereocenters. The van der Waals surface area contributed by atoms with Crippen LogP contribution in [0.1, 0.15) is 32.3 Å². The summed E-state index contributed by atoms with van der Waals surface area (Å²) in [6, 6.07) is 8.85. The van der Waals surface area contributed by atoms with Crippen LogP contribution in [0.4, 0.5) is 5.69 Å². The molecule has 22 heavy (non-hydrogen) atoms. The molecule has 2 N–H and O–H groups in total. The molecule has 1 aliphatic heterocycles. The second kappa shape index (κ2) is 9.13. The highest BCUT2D eigenvalue weighted by molar-refractivity contribution is 5.51. The fourth-order valence-corrected chi connectivity index (χ4v) is 2.97. The first-order valence-corrected chi connectivity index (χ1v) is 8.48. The molecular weight excluding hydrogens is 276 g/mol. The highest BCUT2D eigenvalue weighted by Gasteiger charge is 2.19. The van der Waals surface area contributed by atoms with Gasteiger partial charge in [-0.15, -0.1) is 0 Å². The standard InChI is InChI=1S/C18H30N2O2/c1-3-22-14-15(2)19-18-7-5-4-6-17(18)12-20-10-8-16(13-21)9-11-20/h4-7,15-16,19,21H,3,8-14H2,1-2H3. The highest BCUT2D eigenvalue weighted by atomic mass is 16.5. The molecule has 1 saturated heterocycles. The zero-order chi connectivity index (χ0) is 15.8. The summed E-state index contributed by atoms with van der Waals surface area (Å²) in [4.78, 5) is 2.49. The number of aliphatic hydroxyl groups is 1. The Balaban J connectivity index is 1.91. The maximum atomic E-state index is 9.24. The van der Waals surface area contributed by atoms with E-state index < -0.39 is 0 Å². The average Bonchev–Trinajstić information content (AvgIpc) is 2.55. The van der Waals surface area contributed by atoms with Gasteiger partial charge < -0.3 is 15.2 Å². The number of nitrogens with one attached hydrogen (secondary N) is 1. The quantitative estimate of drug-likeness (QED) is 0.775. The van der Waals surface area contributed by atoms with Gasteiger partial charge in [-0.3, -0.25) is 4.90 Å². The number of likely N-dealkylation sites (tertiary alicyclic amines) is 1. The maximum Gasteiger partial charge on any atom is 0.0664 e. The van der Waals surface area contributed by atoms with E-state index in [0.717, 1.165) is 45.7 Å². The van der Waals surface area contributed by atoms with Crippen molar-refractivity contribution in [1.29, 1.82) is 0 Å². The van der Waals surface area contributed by atoms with Crippen molar-refractivity contribution >= 4 is 5.69 Å². The Morgan fingerprint density at radius 1 is 1.32 bits per heavy atom. The van der Waals surface area contributed by atoms with Crippen LogP contribution in [0.5, 0.6) is 0 Å². The van der Waals surface area contributed by atoms with Crippen LogP contribution < -0.4 is 5.32 Å². The Morgan fingerprint density at radius 2 is 2.05 bits per heavy atom. The predicted octanol–water partition coefficient (Wildman–Crippen LogP) is 2.73. The van der Waals surface area contributed by atoms with E-state index in [1.807, 2.05) is 6.92 Å². The van der Waals surface area contributed by atoms with E-state index in [9.17, 15) is 5.11 Å². The van der Waals surface area contributed by atoms with Crippen molar-refractivity contribution in [2.24, 2.45) is 5.92 Å². The van der Waals surface area contributed by atoms with Gasteiger partial charge in [-0.1, -0.05) is 18.2 Å². The monoisotopic (exact) mass is 306 g/mol. The molecular formula is C18H30N2O2. The van der Waals surface area contributed by atoms with E-state index in [4.69, 9.17) is 4.74 Å². The summed E-state index contributed by atoms with van der Waals surface area (Å²) in [6.07, 6.45) is 2.21.